The number of ketones is 1. The molecule has 274 valence electrons. The molecule has 0 heterocycles. The Labute approximate surface area is 293 Å². The van der Waals surface area contributed by atoms with Crippen LogP contribution in [0.5, 0.6) is 17.2 Å². The third-order valence-corrected chi connectivity index (χ3v) is 8.33. The topological polar surface area (TPSA) is 197 Å². The summed E-state index contributed by atoms with van der Waals surface area (Å²) in [5.74, 6) is -6.08. The van der Waals surface area contributed by atoms with Gasteiger partial charge >= 0.3 is 17.9 Å². The highest BCUT2D eigenvalue weighted by Gasteiger charge is 2.49. The maximum Gasteiger partial charge on any atom is 0.337 e. The summed E-state index contributed by atoms with van der Waals surface area (Å²) in [6.07, 6.45) is 11.1. The van der Waals surface area contributed by atoms with Crippen LogP contribution in [0.25, 0.3) is 0 Å². The molecular formula is C38H51NO11. The number of aliphatic hydroxyl groups is 1. The Morgan fingerprint density at radius 2 is 1.32 bits per heavy atom. The molecule has 1 amide bonds. The predicted octanol–water partition coefficient (Wildman–Crippen LogP) is 6.33. The largest absolute Gasteiger partial charge is 0.497 e. The summed E-state index contributed by atoms with van der Waals surface area (Å²) >= 11 is 0. The number of unbranched alkanes of at least 4 members (excludes halogenated alkanes) is 8. The number of nitrogens with one attached hydrogen (secondary N) is 1. The van der Waals surface area contributed by atoms with Crippen LogP contribution in [0.15, 0.2) is 60.7 Å². The number of Topliss-reactive ketones (excluding diaryl/α,β-unsaturated/α-hetero) is 1. The highest BCUT2D eigenvalue weighted by atomic mass is 16.5. The van der Waals surface area contributed by atoms with Gasteiger partial charge in [0.05, 0.1) is 19.4 Å². The minimum Gasteiger partial charge on any atom is -0.497 e. The average molecular weight is 698 g/mol. The molecule has 5 N–H and O–H groups in total. The van der Waals surface area contributed by atoms with Crippen LogP contribution >= 0.6 is 0 Å². The molecule has 12 heteroatoms. The summed E-state index contributed by atoms with van der Waals surface area (Å²) < 4.78 is 10.9. The van der Waals surface area contributed by atoms with E-state index in [1.165, 1.54) is 12.5 Å². The maximum atomic E-state index is 13.4. The van der Waals surface area contributed by atoms with Crippen LogP contribution < -0.4 is 14.8 Å². The lowest BCUT2D eigenvalue weighted by Crippen LogP contribution is -2.55. The highest BCUT2D eigenvalue weighted by molar-refractivity contribution is 5.94. The first-order chi connectivity index (χ1) is 23.9. The number of benzene rings is 2. The van der Waals surface area contributed by atoms with Gasteiger partial charge in [0.15, 0.2) is 5.60 Å². The SMILES string of the molecule is CCCCCCCC(=O)CCCCCC/C=C/C(C(=O)NC(Cc1ccc(Oc2ccc(OC)cc2)cc1)C(=O)O)C(O)(CC(=O)O)C(=O)O. The quantitative estimate of drug-likeness (QED) is 0.0544. The summed E-state index contributed by atoms with van der Waals surface area (Å²) in [6, 6.07) is 11.9. The van der Waals surface area contributed by atoms with Gasteiger partial charge in [-0.1, -0.05) is 69.7 Å². The van der Waals surface area contributed by atoms with E-state index in [1.54, 1.807) is 55.6 Å². The Morgan fingerprint density at radius 1 is 0.780 bits per heavy atom. The lowest BCUT2D eigenvalue weighted by Gasteiger charge is -2.29. The number of hydrogen-bond donors (Lipinski definition) is 5. The van der Waals surface area contributed by atoms with Gasteiger partial charge in [0.2, 0.25) is 5.91 Å². The Kier molecular flexibility index (Phi) is 18.3. The van der Waals surface area contributed by atoms with E-state index in [1.807, 2.05) is 0 Å². The molecule has 0 spiro atoms. The van der Waals surface area contributed by atoms with Crippen molar-refractivity contribution in [1.82, 2.24) is 5.32 Å². The van der Waals surface area contributed by atoms with Gasteiger partial charge in [0, 0.05) is 19.3 Å². The predicted molar refractivity (Wildman–Crippen MR) is 186 cm³/mol. The second kappa shape index (κ2) is 22.1. The number of carboxylic acids is 3. The monoisotopic (exact) mass is 697 g/mol. The fraction of sp³-hybridized carbons (Fsp3) is 0.500. The fourth-order valence-corrected chi connectivity index (χ4v) is 5.40. The molecular weight excluding hydrogens is 646 g/mol. The van der Waals surface area contributed by atoms with Gasteiger partial charge in [-0.05, 0) is 67.6 Å². The van der Waals surface area contributed by atoms with E-state index in [4.69, 9.17) is 9.47 Å². The van der Waals surface area contributed by atoms with Crippen molar-refractivity contribution in [1.29, 1.82) is 0 Å². The van der Waals surface area contributed by atoms with Crippen LogP contribution in [-0.4, -0.2) is 68.8 Å². The minimum absolute atomic E-state index is 0.188. The summed E-state index contributed by atoms with van der Waals surface area (Å²) in [7, 11) is 1.55. The summed E-state index contributed by atoms with van der Waals surface area (Å²) in [5.41, 5.74) is -2.52. The number of rotatable bonds is 26. The maximum absolute atomic E-state index is 13.4. The van der Waals surface area contributed by atoms with Gasteiger partial charge in [0.25, 0.3) is 0 Å². The number of ether oxygens (including phenoxy) is 2. The number of carbonyl (C=O) groups is 5. The van der Waals surface area contributed by atoms with Crippen LogP contribution in [0.2, 0.25) is 0 Å². The first kappa shape index (κ1) is 41.5. The van der Waals surface area contributed by atoms with Crippen molar-refractivity contribution < 1.29 is 53.9 Å². The Hall–Kier alpha value is -4.71. The van der Waals surface area contributed by atoms with Gasteiger partial charge in [0.1, 0.15) is 29.1 Å². The molecule has 0 aliphatic carbocycles. The van der Waals surface area contributed by atoms with Crippen LogP contribution in [0, 0.1) is 5.92 Å². The molecule has 0 aromatic heterocycles. The first-order valence-electron chi connectivity index (χ1n) is 17.2. The van der Waals surface area contributed by atoms with Crippen molar-refractivity contribution in [2.24, 2.45) is 5.92 Å². The first-order valence-corrected chi connectivity index (χ1v) is 17.2. The third kappa shape index (κ3) is 14.8. The number of carbonyl (C=O) groups excluding carboxylic acids is 2. The number of amides is 1. The van der Waals surface area contributed by atoms with Crippen molar-refractivity contribution in [2.75, 3.05) is 7.11 Å². The minimum atomic E-state index is -3.03. The Bertz CT molecular complexity index is 1400. The Morgan fingerprint density at radius 3 is 1.84 bits per heavy atom. The number of allylic oxidation sites excluding steroid dienone is 1. The molecule has 0 saturated heterocycles. The van der Waals surface area contributed by atoms with Crippen LogP contribution in [-0.2, 0) is 30.4 Å². The molecule has 0 bridgehead atoms. The van der Waals surface area contributed by atoms with E-state index in [0.717, 1.165) is 51.0 Å². The molecule has 12 nitrogen and oxygen atoms in total. The van der Waals surface area contributed by atoms with E-state index in [0.29, 0.717) is 48.5 Å². The van der Waals surface area contributed by atoms with Gasteiger partial charge in [-0.25, -0.2) is 9.59 Å². The van der Waals surface area contributed by atoms with E-state index < -0.39 is 47.8 Å². The summed E-state index contributed by atoms with van der Waals surface area (Å²) in [4.78, 5) is 61.2. The van der Waals surface area contributed by atoms with Gasteiger partial charge in [-0.15, -0.1) is 0 Å². The highest BCUT2D eigenvalue weighted by Crippen LogP contribution is 2.27. The number of carboxylic acid groups (broad SMARTS) is 3. The molecule has 2 aromatic carbocycles. The van der Waals surface area contributed by atoms with E-state index in [9.17, 15) is 44.4 Å². The van der Waals surface area contributed by atoms with Crippen molar-refractivity contribution in [2.45, 2.75) is 108 Å². The number of aliphatic carboxylic acids is 3. The molecule has 0 aliphatic heterocycles. The van der Waals surface area contributed by atoms with Crippen LogP contribution in [0.1, 0.15) is 96.0 Å². The summed E-state index contributed by atoms with van der Waals surface area (Å²) in [6.45, 7) is 2.15. The molecule has 0 saturated carbocycles. The van der Waals surface area contributed by atoms with E-state index >= 15 is 0 Å². The van der Waals surface area contributed by atoms with E-state index in [2.05, 4.69) is 12.2 Å². The van der Waals surface area contributed by atoms with Gasteiger partial charge in [-0.3, -0.25) is 14.4 Å². The second-order valence-electron chi connectivity index (χ2n) is 12.4. The molecule has 2 aromatic rings. The molecule has 0 aliphatic rings. The standard InChI is InChI=1S/C38H51NO11/c1-3-4-5-8-11-14-28(40)15-12-9-6-7-10-13-16-32(38(48,37(46)47)26-34(41)42)35(43)39-33(36(44)45)25-27-17-19-30(20-18-27)50-31-23-21-29(49-2)22-24-31/h13,16-24,32-33,48H,3-12,14-15,25-26H2,1-2H3,(H,39,43)(H,41,42)(H,44,45)(H,46,47)/b16-13+. The Balaban J connectivity index is 2.01. The smallest absolute Gasteiger partial charge is 0.337 e. The van der Waals surface area contributed by atoms with Crippen molar-refractivity contribution in [3.63, 3.8) is 0 Å². The average Bonchev–Trinajstić information content (AvgIpc) is 3.07. The number of methoxy groups -OCH3 is 1. The lowest BCUT2D eigenvalue weighted by atomic mass is 9.82. The molecule has 3 unspecified atom stereocenters. The molecule has 0 fully saturated rings. The van der Waals surface area contributed by atoms with Gasteiger partial charge < -0.3 is 35.2 Å². The molecule has 0 radical (unpaired) electrons. The molecule has 2 rings (SSSR count). The number of hydrogen-bond acceptors (Lipinski definition) is 8. The lowest BCUT2D eigenvalue weighted by molar-refractivity contribution is -0.172. The second-order valence-corrected chi connectivity index (χ2v) is 12.4. The zero-order valence-electron chi connectivity index (χ0n) is 29.0. The fourth-order valence-electron chi connectivity index (χ4n) is 5.40. The normalized spacial score (nSPS) is 13.6. The summed E-state index contributed by atoms with van der Waals surface area (Å²) in [5, 5.41) is 42.2. The zero-order chi connectivity index (χ0) is 36.9. The van der Waals surface area contributed by atoms with E-state index in [-0.39, 0.29) is 12.2 Å². The van der Waals surface area contributed by atoms with Crippen molar-refractivity contribution >= 4 is 29.6 Å². The van der Waals surface area contributed by atoms with Crippen molar-refractivity contribution in [3.05, 3.63) is 66.2 Å². The van der Waals surface area contributed by atoms with Crippen molar-refractivity contribution in [3.8, 4) is 17.2 Å². The van der Waals surface area contributed by atoms with Crippen LogP contribution in [0.4, 0.5) is 0 Å². The van der Waals surface area contributed by atoms with Gasteiger partial charge in [-0.2, -0.15) is 0 Å². The molecule has 3 atom stereocenters. The molecule has 50 heavy (non-hydrogen) atoms. The van der Waals surface area contributed by atoms with Crippen LogP contribution in [0.3, 0.4) is 0 Å². The zero-order valence-corrected chi connectivity index (χ0v) is 29.0. The third-order valence-electron chi connectivity index (χ3n) is 8.33.